The van der Waals surface area contributed by atoms with Gasteiger partial charge in [-0.05, 0) is 61.2 Å². The molecule has 2 N–H and O–H groups in total. The summed E-state index contributed by atoms with van der Waals surface area (Å²) in [5.41, 5.74) is 7.37. The van der Waals surface area contributed by atoms with Gasteiger partial charge in [0, 0.05) is 41.1 Å². The van der Waals surface area contributed by atoms with Crippen LogP contribution in [0.25, 0.3) is 10.9 Å². The topological polar surface area (TPSA) is 82.2 Å². The van der Waals surface area contributed by atoms with Gasteiger partial charge in [0.25, 0.3) is 0 Å². The normalized spacial score (nSPS) is 17.9. The van der Waals surface area contributed by atoms with Crippen LogP contribution in [-0.2, 0) is 11.2 Å². The second kappa shape index (κ2) is 10.8. The Labute approximate surface area is 216 Å². The molecule has 2 atom stereocenters. The highest BCUT2D eigenvalue weighted by atomic mass is 35.5. The van der Waals surface area contributed by atoms with E-state index in [1.807, 2.05) is 72.6 Å². The number of hydrogen-bond acceptors (Lipinski definition) is 6. The minimum Gasteiger partial charge on any atom is -0.494 e. The minimum atomic E-state index is -0.295. The zero-order valence-corrected chi connectivity index (χ0v) is 21.4. The molecule has 0 saturated carbocycles. The fourth-order valence-corrected chi connectivity index (χ4v) is 4.92. The molecule has 36 heavy (non-hydrogen) atoms. The molecule has 2 unspecified atom stereocenters. The van der Waals surface area contributed by atoms with Crippen molar-refractivity contribution in [2.24, 2.45) is 4.99 Å². The van der Waals surface area contributed by atoms with Crippen LogP contribution in [0.4, 0.5) is 4.79 Å². The number of aromatic nitrogens is 1. The molecule has 8 nitrogen and oxygen atoms in total. The van der Waals surface area contributed by atoms with Gasteiger partial charge in [0.15, 0.2) is 0 Å². The fraction of sp³-hybridized carbons (Fsp3) is 0.407. The summed E-state index contributed by atoms with van der Waals surface area (Å²) in [4.78, 5) is 22.7. The number of nitrogens with one attached hydrogen (secondary N) is 2. The highest BCUT2D eigenvalue weighted by Gasteiger charge is 2.36. The SMILES string of the molecule is CCC(C)OC(=O)N1CCc2c([nH]c3ccc(Cl)cc23)C1c1ccc(OCCCN2C=NCN2)cc1. The van der Waals surface area contributed by atoms with Crippen molar-refractivity contribution >= 4 is 34.9 Å². The van der Waals surface area contributed by atoms with E-state index in [4.69, 9.17) is 21.1 Å². The van der Waals surface area contributed by atoms with E-state index in [9.17, 15) is 4.79 Å². The quantitative estimate of drug-likeness (QED) is 0.404. The molecule has 0 aliphatic carbocycles. The zero-order chi connectivity index (χ0) is 25.1. The number of hydrogen-bond donors (Lipinski definition) is 2. The van der Waals surface area contributed by atoms with Gasteiger partial charge in [0.2, 0.25) is 0 Å². The van der Waals surface area contributed by atoms with Crippen molar-refractivity contribution < 1.29 is 14.3 Å². The van der Waals surface area contributed by atoms with Crippen molar-refractivity contribution in [1.82, 2.24) is 20.3 Å². The first-order valence-corrected chi connectivity index (χ1v) is 12.9. The van der Waals surface area contributed by atoms with E-state index < -0.39 is 0 Å². The molecule has 1 amide bonds. The van der Waals surface area contributed by atoms with Crippen LogP contribution >= 0.6 is 11.6 Å². The molecule has 2 aromatic carbocycles. The first kappa shape index (κ1) is 24.5. The average Bonchev–Trinajstić information content (AvgIpc) is 3.54. The van der Waals surface area contributed by atoms with Gasteiger partial charge < -0.3 is 14.5 Å². The molecule has 1 aromatic heterocycles. The largest absolute Gasteiger partial charge is 0.494 e. The molecule has 0 spiro atoms. The fourth-order valence-electron chi connectivity index (χ4n) is 4.75. The van der Waals surface area contributed by atoms with Crippen LogP contribution in [0.1, 0.15) is 49.6 Å². The second-order valence-corrected chi connectivity index (χ2v) is 9.67. The van der Waals surface area contributed by atoms with Gasteiger partial charge in [-0.25, -0.2) is 10.2 Å². The van der Waals surface area contributed by atoms with Crippen molar-refractivity contribution in [3.05, 3.63) is 64.3 Å². The molecular formula is C27H32ClN5O3. The Hall–Kier alpha value is -3.23. The second-order valence-electron chi connectivity index (χ2n) is 9.23. The van der Waals surface area contributed by atoms with E-state index in [1.165, 1.54) is 5.56 Å². The van der Waals surface area contributed by atoms with Gasteiger partial charge in [0.05, 0.1) is 6.61 Å². The third kappa shape index (κ3) is 5.15. The van der Waals surface area contributed by atoms with E-state index in [2.05, 4.69) is 15.4 Å². The van der Waals surface area contributed by atoms with E-state index in [0.717, 1.165) is 53.7 Å². The van der Waals surface area contributed by atoms with Crippen molar-refractivity contribution in [2.75, 3.05) is 26.4 Å². The third-order valence-corrected chi connectivity index (χ3v) is 7.03. The summed E-state index contributed by atoms with van der Waals surface area (Å²) in [5.74, 6) is 0.801. The van der Waals surface area contributed by atoms with Gasteiger partial charge in [-0.2, -0.15) is 0 Å². The number of fused-ring (bicyclic) bond motifs is 3. The Morgan fingerprint density at radius 3 is 2.83 bits per heavy atom. The van der Waals surface area contributed by atoms with Crippen LogP contribution in [0.3, 0.4) is 0 Å². The number of rotatable bonds is 8. The lowest BCUT2D eigenvalue weighted by atomic mass is 9.92. The maximum atomic E-state index is 13.2. The molecule has 3 aromatic rings. The number of ether oxygens (including phenoxy) is 2. The Kier molecular flexibility index (Phi) is 7.34. The summed E-state index contributed by atoms with van der Waals surface area (Å²) in [7, 11) is 0. The van der Waals surface area contributed by atoms with Gasteiger partial charge >= 0.3 is 6.09 Å². The molecule has 190 valence electrons. The Morgan fingerprint density at radius 2 is 2.08 bits per heavy atom. The summed E-state index contributed by atoms with van der Waals surface area (Å²) < 4.78 is 11.7. The Morgan fingerprint density at radius 1 is 1.25 bits per heavy atom. The Balaban J connectivity index is 1.38. The molecule has 0 bridgehead atoms. The first-order valence-electron chi connectivity index (χ1n) is 12.5. The monoisotopic (exact) mass is 509 g/mol. The van der Waals surface area contributed by atoms with Crippen molar-refractivity contribution in [3.8, 4) is 5.75 Å². The molecule has 0 fully saturated rings. The smallest absolute Gasteiger partial charge is 0.410 e. The number of aliphatic imine (C=N–C) groups is 1. The maximum Gasteiger partial charge on any atom is 0.410 e. The van der Waals surface area contributed by atoms with Gasteiger partial charge in [-0.3, -0.25) is 14.9 Å². The number of hydrazine groups is 1. The summed E-state index contributed by atoms with van der Waals surface area (Å²) in [6, 6.07) is 13.6. The number of H-pyrrole nitrogens is 1. The first-order chi connectivity index (χ1) is 17.5. The van der Waals surface area contributed by atoms with Crippen molar-refractivity contribution in [3.63, 3.8) is 0 Å². The maximum absolute atomic E-state index is 13.2. The summed E-state index contributed by atoms with van der Waals surface area (Å²) in [5, 5.41) is 3.77. The van der Waals surface area contributed by atoms with Gasteiger partial charge in [0.1, 0.15) is 30.9 Å². The molecule has 2 aliphatic rings. The molecule has 0 radical (unpaired) electrons. The van der Waals surface area contributed by atoms with Crippen LogP contribution in [0, 0.1) is 0 Å². The summed E-state index contributed by atoms with van der Waals surface area (Å²) in [6.07, 6.45) is 3.75. The predicted octanol–water partition coefficient (Wildman–Crippen LogP) is 5.28. The number of carbonyl (C=O) groups excluding carboxylic acids is 1. The average molecular weight is 510 g/mol. The third-order valence-electron chi connectivity index (χ3n) is 6.79. The molecular weight excluding hydrogens is 478 g/mol. The molecule has 5 rings (SSSR count). The van der Waals surface area contributed by atoms with Crippen molar-refractivity contribution in [2.45, 2.75) is 45.3 Å². The highest BCUT2D eigenvalue weighted by molar-refractivity contribution is 6.31. The van der Waals surface area contributed by atoms with Crippen LogP contribution in [0.15, 0.2) is 47.5 Å². The van der Waals surface area contributed by atoms with Crippen LogP contribution in [0.5, 0.6) is 5.75 Å². The lowest BCUT2D eigenvalue weighted by Gasteiger charge is -2.36. The number of benzene rings is 2. The number of halogens is 1. The standard InChI is InChI=1S/C27H32ClN5O3/c1-3-18(2)36-27(34)33-13-11-22-23-15-20(28)7-10-24(23)31-25(22)26(33)19-5-8-21(9-6-19)35-14-4-12-32-17-29-16-30-32/h5-10,15,17-18,26,30-31H,3-4,11-14,16H2,1-2H3. The Bertz CT molecular complexity index is 1240. The number of nitrogens with zero attached hydrogens (tertiary/aromatic N) is 3. The molecule has 2 aliphatic heterocycles. The van der Waals surface area contributed by atoms with Crippen LogP contribution < -0.4 is 10.2 Å². The highest BCUT2D eigenvalue weighted by Crippen LogP contribution is 2.40. The predicted molar refractivity (Wildman–Crippen MR) is 142 cm³/mol. The molecule has 0 saturated heterocycles. The van der Waals surface area contributed by atoms with E-state index in [0.29, 0.717) is 24.8 Å². The minimum absolute atomic E-state index is 0.140. The lowest BCUT2D eigenvalue weighted by molar-refractivity contribution is 0.0579. The number of aromatic amines is 1. The number of carbonyl (C=O) groups is 1. The van der Waals surface area contributed by atoms with E-state index >= 15 is 0 Å². The lowest BCUT2D eigenvalue weighted by Crippen LogP contribution is -2.41. The molecule has 3 heterocycles. The molecule has 9 heteroatoms. The van der Waals surface area contributed by atoms with Crippen molar-refractivity contribution in [1.29, 1.82) is 0 Å². The van der Waals surface area contributed by atoms with Crippen LogP contribution in [-0.4, -0.2) is 59.8 Å². The number of amides is 1. The summed E-state index contributed by atoms with van der Waals surface area (Å²) in [6.45, 7) is 6.58. The zero-order valence-electron chi connectivity index (χ0n) is 20.7. The summed E-state index contributed by atoms with van der Waals surface area (Å²) >= 11 is 6.31. The van der Waals surface area contributed by atoms with Gasteiger partial charge in [-0.15, -0.1) is 0 Å². The van der Waals surface area contributed by atoms with E-state index in [1.54, 1.807) is 0 Å². The van der Waals surface area contributed by atoms with E-state index in [-0.39, 0.29) is 18.2 Å². The van der Waals surface area contributed by atoms with Gasteiger partial charge in [-0.1, -0.05) is 30.7 Å². The van der Waals surface area contributed by atoms with Crippen LogP contribution in [0.2, 0.25) is 5.02 Å².